The van der Waals surface area contributed by atoms with E-state index in [4.69, 9.17) is 33.7 Å². The fourth-order valence-electron chi connectivity index (χ4n) is 10.9. The number of allylic oxidation sites excluding steroid dienone is 1. The van der Waals surface area contributed by atoms with Crippen molar-refractivity contribution in [2.75, 3.05) is 52.8 Å². The van der Waals surface area contributed by atoms with E-state index < -0.39 is 39.6 Å². The molecule has 0 radical (unpaired) electrons. The SMILES string of the molecule is C=CCO[C@@]12Oc3ccc(Oc4cccc([N+](=O)[O-])c4)cc3[C@H]3[C@H](CCCCO)[C@@H](CCCCO)C=C(C(=NOCc4ccc([N+](=O)[O-])cc4)C[C@@H]1N(CCOCCO)C(=O)OCCCCCCCCCCCC)[C@H]32. The lowest BCUT2D eigenvalue weighted by Gasteiger charge is -2.59. The lowest BCUT2D eigenvalue weighted by Crippen LogP contribution is -2.70. The largest absolute Gasteiger partial charge is 0.459 e. The maximum atomic E-state index is 14.9. The molecule has 18 heteroatoms. The van der Waals surface area contributed by atoms with Crippen LogP contribution in [-0.4, -0.2) is 106 Å². The number of rotatable bonds is 35. The molecular formula is C57H78N4O14. The molecular weight excluding hydrogens is 965 g/mol. The van der Waals surface area contributed by atoms with Crippen LogP contribution in [0.25, 0.3) is 0 Å². The molecule has 3 aromatic rings. The molecule has 0 unspecified atom stereocenters. The number of nitrogens with zero attached hydrogens (tertiary/aromatic N) is 4. The van der Waals surface area contributed by atoms with Crippen molar-refractivity contribution in [2.24, 2.45) is 22.9 Å². The first-order valence-corrected chi connectivity index (χ1v) is 27.1. The average Bonchev–Trinajstić information content (AvgIpc) is 3.41. The Kier molecular flexibility index (Phi) is 23.8. The molecule has 410 valence electrons. The van der Waals surface area contributed by atoms with Crippen LogP contribution < -0.4 is 9.47 Å². The number of carbonyl (C=O) groups is 1. The predicted octanol–water partition coefficient (Wildman–Crippen LogP) is 11.5. The van der Waals surface area contributed by atoms with Crippen molar-refractivity contribution in [1.29, 1.82) is 0 Å². The highest BCUT2D eigenvalue weighted by molar-refractivity contribution is 6.03. The first-order valence-electron chi connectivity index (χ1n) is 27.1. The maximum absolute atomic E-state index is 14.9. The number of hydrogen-bond acceptors (Lipinski definition) is 15. The van der Waals surface area contributed by atoms with Gasteiger partial charge in [-0.2, -0.15) is 0 Å². The Balaban J connectivity index is 1.47. The van der Waals surface area contributed by atoms with Crippen LogP contribution in [0.4, 0.5) is 16.2 Å². The van der Waals surface area contributed by atoms with Crippen LogP contribution in [0.15, 0.2) is 96.2 Å². The summed E-state index contributed by atoms with van der Waals surface area (Å²) in [5, 5.41) is 57.8. The summed E-state index contributed by atoms with van der Waals surface area (Å²) >= 11 is 0. The summed E-state index contributed by atoms with van der Waals surface area (Å²) in [5.74, 6) is -1.75. The topological polar surface area (TPSA) is 235 Å². The third-order valence-corrected chi connectivity index (χ3v) is 14.5. The second-order valence-corrected chi connectivity index (χ2v) is 19.7. The zero-order chi connectivity index (χ0) is 53.4. The van der Waals surface area contributed by atoms with Gasteiger partial charge < -0.3 is 43.8 Å². The van der Waals surface area contributed by atoms with E-state index in [9.17, 15) is 40.3 Å². The molecule has 0 aromatic heterocycles. The summed E-state index contributed by atoms with van der Waals surface area (Å²) in [6.07, 6.45) is 18.4. The highest BCUT2D eigenvalue weighted by Crippen LogP contribution is 2.62. The predicted molar refractivity (Wildman–Crippen MR) is 284 cm³/mol. The Morgan fingerprint density at radius 1 is 0.813 bits per heavy atom. The van der Waals surface area contributed by atoms with Crippen LogP contribution in [0.2, 0.25) is 0 Å². The minimum atomic E-state index is -1.62. The van der Waals surface area contributed by atoms with E-state index in [1.165, 1.54) is 62.8 Å². The lowest BCUT2D eigenvalue weighted by atomic mass is 9.55. The van der Waals surface area contributed by atoms with Gasteiger partial charge in [0.2, 0.25) is 5.79 Å². The molecule has 0 bridgehead atoms. The third kappa shape index (κ3) is 16.1. The van der Waals surface area contributed by atoms with Crippen molar-refractivity contribution in [3.05, 3.63) is 122 Å². The second-order valence-electron chi connectivity index (χ2n) is 19.7. The summed E-state index contributed by atoms with van der Waals surface area (Å²) in [5.41, 5.74) is 2.54. The molecule has 1 saturated carbocycles. The molecule has 6 rings (SSSR count). The number of benzene rings is 3. The molecule has 75 heavy (non-hydrogen) atoms. The smallest absolute Gasteiger partial charge is 0.410 e. The van der Waals surface area contributed by atoms with Crippen molar-refractivity contribution in [3.8, 4) is 17.2 Å². The van der Waals surface area contributed by atoms with Crippen LogP contribution >= 0.6 is 0 Å². The van der Waals surface area contributed by atoms with Gasteiger partial charge in [0.05, 0.1) is 60.6 Å². The number of carbonyl (C=O) groups excluding carboxylic acids is 1. The fourth-order valence-corrected chi connectivity index (χ4v) is 10.9. The number of nitro benzene ring substituents is 2. The third-order valence-electron chi connectivity index (χ3n) is 14.5. The monoisotopic (exact) mass is 1040 g/mol. The number of fused-ring (bicyclic) bond motifs is 2. The van der Waals surface area contributed by atoms with Gasteiger partial charge in [0, 0.05) is 55.9 Å². The van der Waals surface area contributed by atoms with Crippen molar-refractivity contribution < 1.29 is 58.5 Å². The minimum Gasteiger partial charge on any atom is -0.459 e. The van der Waals surface area contributed by atoms with E-state index in [2.05, 4.69) is 19.6 Å². The molecule has 3 aliphatic rings. The number of unbranched alkanes of at least 4 members (excludes halogenated alkanes) is 11. The zero-order valence-corrected chi connectivity index (χ0v) is 43.6. The van der Waals surface area contributed by atoms with Crippen molar-refractivity contribution in [3.63, 3.8) is 0 Å². The van der Waals surface area contributed by atoms with Crippen LogP contribution in [-0.2, 0) is 25.7 Å². The standard InChI is InChI=1S/C57H78N4O14/c1-3-5-6-7-8-9-10-11-12-17-34-71-56(65)59(29-35-70-36-32-64)53-40-51(58-73-41-42-23-25-44(26-24-42)60(66)67)49-37-43(19-13-15-30-62)48(22-14-16-31-63)54-50-39-47(74-46-21-18-20-45(38-46)61(68)69)27-28-52(50)75-57(53,55(49)54)72-33-4-2/h4,18,20-21,23-28,37-39,43,48,53-55,62-64H,2-3,5-17,19,22,29-36,40-41H2,1H3/t43-,48+,53-,54+,55+,57+/m0/s1. The van der Waals surface area contributed by atoms with E-state index in [1.807, 2.05) is 6.07 Å². The highest BCUT2D eigenvalue weighted by atomic mass is 16.7. The normalized spacial score (nSPS) is 21.0. The Morgan fingerprint density at radius 2 is 1.51 bits per heavy atom. The zero-order valence-electron chi connectivity index (χ0n) is 43.6. The molecule has 1 aliphatic heterocycles. The summed E-state index contributed by atoms with van der Waals surface area (Å²) in [4.78, 5) is 44.9. The van der Waals surface area contributed by atoms with Gasteiger partial charge in [-0.15, -0.1) is 6.58 Å². The summed E-state index contributed by atoms with van der Waals surface area (Å²) < 4.78 is 32.8. The summed E-state index contributed by atoms with van der Waals surface area (Å²) in [7, 11) is 0. The van der Waals surface area contributed by atoms with Crippen molar-refractivity contribution in [2.45, 2.75) is 140 Å². The number of nitro groups is 2. The fraction of sp³-hybridized carbons (Fsp3) is 0.579. The van der Waals surface area contributed by atoms with Crippen LogP contribution in [0.1, 0.15) is 133 Å². The average molecular weight is 1040 g/mol. The number of ether oxygens (including phenoxy) is 5. The molecule has 0 saturated heterocycles. The Morgan fingerprint density at radius 3 is 2.19 bits per heavy atom. The van der Waals surface area contributed by atoms with E-state index in [-0.39, 0.29) is 94.8 Å². The van der Waals surface area contributed by atoms with Gasteiger partial charge in [-0.3, -0.25) is 25.1 Å². The first kappa shape index (κ1) is 58.3. The second kappa shape index (κ2) is 30.6. The quantitative estimate of drug-likeness (QED) is 0.0215. The number of hydrogen-bond donors (Lipinski definition) is 3. The number of aliphatic hydroxyl groups is 3. The molecule has 0 spiro atoms. The van der Waals surface area contributed by atoms with Gasteiger partial charge in [0.1, 0.15) is 29.9 Å². The minimum absolute atomic E-state index is 0.00386. The van der Waals surface area contributed by atoms with Gasteiger partial charge in [0.15, 0.2) is 0 Å². The summed E-state index contributed by atoms with van der Waals surface area (Å²) in [6, 6.07) is 16.5. The maximum Gasteiger partial charge on any atom is 0.410 e. The molecule has 1 fully saturated rings. The Labute approximate surface area is 441 Å². The molecule has 1 amide bonds. The summed E-state index contributed by atoms with van der Waals surface area (Å²) in [6.45, 7) is 6.36. The van der Waals surface area contributed by atoms with E-state index in [0.29, 0.717) is 67.7 Å². The molecule has 6 atom stereocenters. The van der Waals surface area contributed by atoms with Gasteiger partial charge in [-0.05, 0) is 91.5 Å². The molecule has 3 aromatic carbocycles. The highest BCUT2D eigenvalue weighted by Gasteiger charge is 2.65. The van der Waals surface area contributed by atoms with Gasteiger partial charge in [-0.1, -0.05) is 101 Å². The first-order chi connectivity index (χ1) is 36.6. The number of oxime groups is 1. The molecule has 2 aliphatic carbocycles. The Hall–Kier alpha value is -5.92. The van der Waals surface area contributed by atoms with Crippen molar-refractivity contribution in [1.82, 2.24) is 4.90 Å². The number of amides is 1. The molecule has 1 heterocycles. The van der Waals surface area contributed by atoms with Crippen molar-refractivity contribution >= 4 is 23.2 Å². The van der Waals surface area contributed by atoms with Crippen LogP contribution in [0.3, 0.4) is 0 Å². The Bertz CT molecular complexity index is 2340. The van der Waals surface area contributed by atoms with Gasteiger partial charge >= 0.3 is 6.09 Å². The lowest BCUT2D eigenvalue weighted by molar-refractivity contribution is -0.385. The van der Waals surface area contributed by atoms with Crippen LogP contribution in [0.5, 0.6) is 17.2 Å². The van der Waals surface area contributed by atoms with E-state index in [0.717, 1.165) is 30.4 Å². The number of aliphatic hydroxyl groups excluding tert-OH is 3. The number of non-ortho nitro benzene ring substituents is 2. The molecule has 3 N–H and O–H groups in total. The molecule has 18 nitrogen and oxygen atoms in total. The van der Waals surface area contributed by atoms with Crippen LogP contribution in [0, 0.1) is 38.0 Å². The van der Waals surface area contributed by atoms with Gasteiger partial charge in [-0.25, -0.2) is 4.79 Å². The van der Waals surface area contributed by atoms with E-state index >= 15 is 0 Å². The van der Waals surface area contributed by atoms with E-state index in [1.54, 1.807) is 47.4 Å². The van der Waals surface area contributed by atoms with Gasteiger partial charge in [0.25, 0.3) is 11.4 Å².